The van der Waals surface area contributed by atoms with Crippen molar-refractivity contribution in [2.75, 3.05) is 0 Å². The van der Waals surface area contributed by atoms with Crippen molar-refractivity contribution in [1.29, 1.82) is 0 Å². The molecule has 0 spiro atoms. The third kappa shape index (κ3) is 3.71. The minimum Gasteiger partial charge on any atom is -0.478 e. The van der Waals surface area contributed by atoms with Crippen LogP contribution in [0.25, 0.3) is 17.2 Å². The topological polar surface area (TPSA) is 37.3 Å². The zero-order valence-corrected chi connectivity index (χ0v) is 17.3. The summed E-state index contributed by atoms with van der Waals surface area (Å²) in [6.45, 7) is 13.7. The number of carboxylic acids is 1. The molecule has 0 amide bonds. The van der Waals surface area contributed by atoms with E-state index in [4.69, 9.17) is 5.11 Å². The molecule has 0 fully saturated rings. The Morgan fingerprint density at radius 2 is 1.44 bits per heavy atom. The Morgan fingerprint density at radius 3 is 2.04 bits per heavy atom. The third-order valence-electron chi connectivity index (χ3n) is 6.17. The second-order valence-electron chi connectivity index (χ2n) is 9.23. The fraction of sp³-hybridized carbons (Fsp3) is 0.400. The molecule has 2 aromatic carbocycles. The first-order valence-corrected chi connectivity index (χ1v) is 9.69. The second-order valence-corrected chi connectivity index (χ2v) is 9.23. The summed E-state index contributed by atoms with van der Waals surface area (Å²) >= 11 is 0. The van der Waals surface area contributed by atoms with Crippen molar-refractivity contribution in [2.24, 2.45) is 0 Å². The van der Waals surface area contributed by atoms with E-state index in [0.717, 1.165) is 5.56 Å². The molecular formula is C25H30O2. The molecule has 0 saturated heterocycles. The summed E-state index contributed by atoms with van der Waals surface area (Å²) in [5, 5.41) is 8.91. The first-order chi connectivity index (χ1) is 12.5. The second kappa shape index (κ2) is 6.67. The Kier molecular flexibility index (Phi) is 4.80. The smallest absolute Gasteiger partial charge is 0.328 e. The van der Waals surface area contributed by atoms with Crippen LogP contribution in [-0.4, -0.2) is 11.1 Å². The molecular weight excluding hydrogens is 332 g/mol. The Morgan fingerprint density at radius 1 is 0.889 bits per heavy atom. The number of carbonyl (C=O) groups is 1. The van der Waals surface area contributed by atoms with E-state index in [1.54, 1.807) is 6.08 Å². The number of aryl methyl sites for hydroxylation is 2. The molecule has 1 aliphatic rings. The molecule has 2 aromatic rings. The molecule has 0 radical (unpaired) electrons. The largest absolute Gasteiger partial charge is 0.478 e. The number of aliphatic carboxylic acids is 1. The van der Waals surface area contributed by atoms with Crippen molar-refractivity contribution in [1.82, 2.24) is 0 Å². The first kappa shape index (κ1) is 19.4. The van der Waals surface area contributed by atoms with Crippen LogP contribution in [0.15, 0.2) is 36.4 Å². The summed E-state index contributed by atoms with van der Waals surface area (Å²) in [5.74, 6) is -0.925. The van der Waals surface area contributed by atoms with E-state index < -0.39 is 5.97 Å². The number of rotatable bonds is 3. The van der Waals surface area contributed by atoms with Crippen LogP contribution < -0.4 is 0 Å². The lowest BCUT2D eigenvalue weighted by atomic mass is 9.62. The van der Waals surface area contributed by atoms with Gasteiger partial charge in [-0.1, -0.05) is 52.0 Å². The molecule has 0 atom stereocenters. The quantitative estimate of drug-likeness (QED) is 0.640. The van der Waals surface area contributed by atoms with Crippen LogP contribution in [0.2, 0.25) is 0 Å². The molecule has 0 unspecified atom stereocenters. The summed E-state index contributed by atoms with van der Waals surface area (Å²) in [4.78, 5) is 10.9. The van der Waals surface area contributed by atoms with Crippen molar-refractivity contribution in [3.8, 4) is 11.1 Å². The molecule has 0 aliphatic heterocycles. The zero-order chi connectivity index (χ0) is 20.0. The van der Waals surface area contributed by atoms with Gasteiger partial charge in [-0.15, -0.1) is 0 Å². The Balaban J connectivity index is 2.19. The molecule has 1 N–H and O–H groups in total. The van der Waals surface area contributed by atoms with Gasteiger partial charge < -0.3 is 5.11 Å². The molecule has 3 rings (SSSR count). The molecule has 0 bridgehead atoms. The van der Waals surface area contributed by atoms with E-state index in [0.29, 0.717) is 0 Å². The minimum atomic E-state index is -0.925. The fourth-order valence-electron chi connectivity index (χ4n) is 4.21. The van der Waals surface area contributed by atoms with Crippen LogP contribution in [-0.2, 0) is 15.6 Å². The number of hydrogen-bond donors (Lipinski definition) is 1. The highest BCUT2D eigenvalue weighted by molar-refractivity contribution is 5.86. The third-order valence-corrected chi connectivity index (χ3v) is 6.17. The van der Waals surface area contributed by atoms with E-state index in [-0.39, 0.29) is 10.8 Å². The normalized spacial score (nSPS) is 17.7. The van der Waals surface area contributed by atoms with Gasteiger partial charge in [-0.2, -0.15) is 0 Å². The molecule has 2 nitrogen and oxygen atoms in total. The predicted molar refractivity (Wildman–Crippen MR) is 113 cm³/mol. The SMILES string of the molecule is Cc1ccc(C=CC(=O)O)cc1-c1cc2c(cc1C)C(C)(C)CCC2(C)C. The molecule has 0 heterocycles. The van der Waals surface area contributed by atoms with Crippen molar-refractivity contribution in [3.05, 3.63) is 64.2 Å². The lowest BCUT2D eigenvalue weighted by Gasteiger charge is -2.42. The standard InChI is InChI=1S/C25H30O2/c1-16-7-8-18(9-10-23(26)27)14-19(16)20-15-22-21(13-17(20)2)24(3,4)11-12-25(22,5)6/h7-10,13-15H,11-12H2,1-6H3,(H,26,27). The van der Waals surface area contributed by atoms with Crippen LogP contribution in [0.1, 0.15) is 68.4 Å². The number of carboxylic acid groups (broad SMARTS) is 1. The monoisotopic (exact) mass is 362 g/mol. The zero-order valence-electron chi connectivity index (χ0n) is 17.3. The van der Waals surface area contributed by atoms with Gasteiger partial charge in [-0.3, -0.25) is 0 Å². The highest BCUT2D eigenvalue weighted by Gasteiger charge is 2.37. The summed E-state index contributed by atoms with van der Waals surface area (Å²) in [6.07, 6.45) is 5.25. The van der Waals surface area contributed by atoms with Gasteiger partial charge in [-0.25, -0.2) is 4.79 Å². The van der Waals surface area contributed by atoms with Gasteiger partial charge in [0.1, 0.15) is 0 Å². The van der Waals surface area contributed by atoms with Gasteiger partial charge >= 0.3 is 5.97 Å². The van der Waals surface area contributed by atoms with Crippen molar-refractivity contribution in [2.45, 2.75) is 65.2 Å². The predicted octanol–water partition coefficient (Wildman–Crippen LogP) is 6.42. The summed E-state index contributed by atoms with van der Waals surface area (Å²) < 4.78 is 0. The summed E-state index contributed by atoms with van der Waals surface area (Å²) in [6, 6.07) is 10.9. The molecule has 0 aromatic heterocycles. The Bertz CT molecular complexity index is 930. The van der Waals surface area contributed by atoms with Gasteiger partial charge in [0.2, 0.25) is 0 Å². The van der Waals surface area contributed by atoms with E-state index in [9.17, 15) is 4.79 Å². The molecule has 2 heteroatoms. The van der Waals surface area contributed by atoms with Crippen LogP contribution in [0.4, 0.5) is 0 Å². The number of benzene rings is 2. The van der Waals surface area contributed by atoms with Gasteiger partial charge in [0.15, 0.2) is 0 Å². The van der Waals surface area contributed by atoms with Gasteiger partial charge in [0.05, 0.1) is 0 Å². The van der Waals surface area contributed by atoms with Crippen LogP contribution >= 0.6 is 0 Å². The average molecular weight is 363 g/mol. The Labute approximate surface area is 162 Å². The molecule has 1 aliphatic carbocycles. The van der Waals surface area contributed by atoms with E-state index >= 15 is 0 Å². The van der Waals surface area contributed by atoms with Crippen LogP contribution in [0.5, 0.6) is 0 Å². The average Bonchev–Trinajstić information content (AvgIpc) is 2.58. The summed E-state index contributed by atoms with van der Waals surface area (Å²) in [5.41, 5.74) is 9.13. The van der Waals surface area contributed by atoms with Crippen LogP contribution in [0, 0.1) is 13.8 Å². The van der Waals surface area contributed by atoms with Crippen molar-refractivity contribution >= 4 is 12.0 Å². The minimum absolute atomic E-state index is 0.169. The van der Waals surface area contributed by atoms with E-state index in [1.165, 1.54) is 52.3 Å². The highest BCUT2D eigenvalue weighted by Crippen LogP contribution is 2.47. The van der Waals surface area contributed by atoms with Crippen molar-refractivity contribution in [3.63, 3.8) is 0 Å². The van der Waals surface area contributed by atoms with Crippen LogP contribution in [0.3, 0.4) is 0 Å². The maximum Gasteiger partial charge on any atom is 0.328 e. The maximum atomic E-state index is 10.9. The lowest BCUT2D eigenvalue weighted by molar-refractivity contribution is -0.131. The van der Waals surface area contributed by atoms with E-state index in [2.05, 4.69) is 65.8 Å². The van der Waals surface area contributed by atoms with Gasteiger partial charge in [0.25, 0.3) is 0 Å². The van der Waals surface area contributed by atoms with Crippen molar-refractivity contribution < 1.29 is 9.90 Å². The van der Waals surface area contributed by atoms with E-state index in [1.807, 2.05) is 6.07 Å². The fourth-order valence-corrected chi connectivity index (χ4v) is 4.21. The van der Waals surface area contributed by atoms with Gasteiger partial charge in [-0.05, 0) is 88.6 Å². The first-order valence-electron chi connectivity index (χ1n) is 9.69. The number of hydrogen-bond acceptors (Lipinski definition) is 1. The highest BCUT2D eigenvalue weighted by atomic mass is 16.4. The van der Waals surface area contributed by atoms with Gasteiger partial charge in [0, 0.05) is 6.08 Å². The number of fused-ring (bicyclic) bond motifs is 1. The molecule has 0 saturated carbocycles. The molecule has 27 heavy (non-hydrogen) atoms. The molecule has 142 valence electrons. The lowest BCUT2D eigenvalue weighted by Crippen LogP contribution is -2.34. The maximum absolute atomic E-state index is 10.9. The summed E-state index contributed by atoms with van der Waals surface area (Å²) in [7, 11) is 0. The Hall–Kier alpha value is -2.35.